The lowest BCUT2D eigenvalue weighted by molar-refractivity contribution is -0.581. The largest absolute Gasteiger partial charge is 0.710 e. The quantitative estimate of drug-likeness (QED) is 0.466. The van der Waals surface area contributed by atoms with Gasteiger partial charge >= 0.3 is 0 Å². The second-order valence-electron chi connectivity index (χ2n) is 2.36. The smallest absolute Gasteiger partial charge is 0.292 e. The Balaban J connectivity index is 2.97. The minimum Gasteiger partial charge on any atom is -0.710 e. The van der Waals surface area contributed by atoms with Gasteiger partial charge in [-0.15, -0.1) is 0 Å². The Labute approximate surface area is 65.8 Å². The highest BCUT2D eigenvalue weighted by Crippen LogP contribution is 2.14. The predicted molar refractivity (Wildman–Crippen MR) is 37.2 cm³/mol. The zero-order chi connectivity index (χ0) is 8.72. The molecule has 2 aromatic rings. The van der Waals surface area contributed by atoms with Crippen LogP contribution in [0.25, 0.3) is 11.0 Å². The first kappa shape index (κ1) is 7.02. The van der Waals surface area contributed by atoms with Crippen LogP contribution in [0.5, 0.6) is 0 Å². The molecule has 2 rings (SSSR count). The predicted octanol–water partition coefficient (Wildman–Crippen LogP) is 1.08. The van der Waals surface area contributed by atoms with Crippen molar-refractivity contribution in [2.75, 3.05) is 0 Å². The van der Waals surface area contributed by atoms with E-state index in [4.69, 9.17) is 0 Å². The van der Waals surface area contributed by atoms with Gasteiger partial charge in [0.25, 0.3) is 5.65 Å². The van der Waals surface area contributed by atoms with E-state index in [0.29, 0.717) is 6.20 Å². The van der Waals surface area contributed by atoms with E-state index in [0.717, 1.165) is 0 Å². The van der Waals surface area contributed by atoms with Crippen LogP contribution >= 0.6 is 0 Å². The van der Waals surface area contributed by atoms with Gasteiger partial charge in [0.1, 0.15) is 11.6 Å². The Morgan fingerprint density at radius 2 is 2.17 bits per heavy atom. The van der Waals surface area contributed by atoms with Gasteiger partial charge in [-0.3, -0.25) is 0 Å². The highest BCUT2D eigenvalue weighted by molar-refractivity contribution is 5.73. The van der Waals surface area contributed by atoms with Crippen LogP contribution in [-0.2, 0) is 0 Å². The average Bonchev–Trinajstić information content (AvgIpc) is 2.48. The number of aromatic amines is 1. The third-order valence-corrected chi connectivity index (χ3v) is 1.62. The first-order chi connectivity index (χ1) is 5.70. The van der Waals surface area contributed by atoms with Crippen molar-refractivity contribution in [1.82, 2.24) is 4.98 Å². The second-order valence-corrected chi connectivity index (χ2v) is 2.36. The van der Waals surface area contributed by atoms with Crippen molar-refractivity contribution < 1.29 is 13.5 Å². The summed E-state index contributed by atoms with van der Waals surface area (Å²) in [5, 5.41) is 10.9. The molecule has 0 spiro atoms. The van der Waals surface area contributed by atoms with E-state index in [2.05, 4.69) is 4.98 Å². The number of H-pyrrole nitrogens is 1. The van der Waals surface area contributed by atoms with Crippen LogP contribution < -0.4 is 4.73 Å². The van der Waals surface area contributed by atoms with Crippen LogP contribution in [0, 0.1) is 16.8 Å². The van der Waals surface area contributed by atoms with Gasteiger partial charge in [-0.05, 0) is 6.07 Å². The molecule has 0 saturated carbocycles. The lowest BCUT2D eigenvalue weighted by Gasteiger charge is -2.02. The van der Waals surface area contributed by atoms with Crippen LogP contribution in [0.3, 0.4) is 0 Å². The topological polar surface area (TPSA) is 42.7 Å². The van der Waals surface area contributed by atoms with Crippen molar-refractivity contribution in [2.45, 2.75) is 0 Å². The molecule has 3 nitrogen and oxygen atoms in total. The highest BCUT2D eigenvalue weighted by atomic mass is 19.2. The van der Waals surface area contributed by atoms with Gasteiger partial charge < -0.3 is 5.21 Å². The summed E-state index contributed by atoms with van der Waals surface area (Å²) in [5.41, 5.74) is 0.0221. The Morgan fingerprint density at radius 1 is 1.42 bits per heavy atom. The molecule has 0 unspecified atom stereocenters. The van der Waals surface area contributed by atoms with Gasteiger partial charge in [0.05, 0.1) is 6.20 Å². The maximum absolute atomic E-state index is 12.9. The number of fused-ring (bicyclic) bond motifs is 1. The molecule has 0 bridgehead atoms. The standard InChI is InChI=1S/C7H4F2N2O/c8-5-3-11(12)7-4(6(5)9)1-2-10-7/h1-3,10H. The minimum absolute atomic E-state index is 0.0221. The van der Waals surface area contributed by atoms with Crippen molar-refractivity contribution in [1.29, 1.82) is 0 Å². The molecule has 0 saturated heterocycles. The summed E-state index contributed by atoms with van der Waals surface area (Å²) in [7, 11) is 0. The van der Waals surface area contributed by atoms with E-state index >= 15 is 0 Å². The maximum atomic E-state index is 12.9. The van der Waals surface area contributed by atoms with Crippen LogP contribution in [0.4, 0.5) is 8.78 Å². The SMILES string of the molecule is [O-][n+]1cc(F)c(F)c2cc[nH]c21. The van der Waals surface area contributed by atoms with E-state index in [9.17, 15) is 14.0 Å². The summed E-state index contributed by atoms with van der Waals surface area (Å²) in [5.74, 6) is -2.14. The van der Waals surface area contributed by atoms with Crippen molar-refractivity contribution in [3.63, 3.8) is 0 Å². The molecule has 0 aliphatic carbocycles. The summed E-state index contributed by atoms with van der Waals surface area (Å²) in [6, 6.07) is 1.31. The number of rotatable bonds is 0. The number of nitrogens with zero attached hydrogens (tertiary/aromatic N) is 1. The van der Waals surface area contributed by atoms with E-state index in [-0.39, 0.29) is 15.8 Å². The van der Waals surface area contributed by atoms with Crippen molar-refractivity contribution in [2.24, 2.45) is 0 Å². The van der Waals surface area contributed by atoms with Gasteiger partial charge in [0.15, 0.2) is 11.6 Å². The van der Waals surface area contributed by atoms with Gasteiger partial charge in [-0.25, -0.2) is 14.1 Å². The Hall–Kier alpha value is -1.65. The first-order valence-electron chi connectivity index (χ1n) is 3.24. The van der Waals surface area contributed by atoms with Crippen LogP contribution in [0.15, 0.2) is 18.5 Å². The fraction of sp³-hybridized carbons (Fsp3) is 0. The van der Waals surface area contributed by atoms with E-state index in [1.807, 2.05) is 0 Å². The van der Waals surface area contributed by atoms with Crippen LogP contribution in [0.2, 0.25) is 0 Å². The highest BCUT2D eigenvalue weighted by Gasteiger charge is 2.14. The van der Waals surface area contributed by atoms with Crippen LogP contribution in [-0.4, -0.2) is 4.98 Å². The number of aromatic nitrogens is 2. The molecule has 0 atom stereocenters. The van der Waals surface area contributed by atoms with Gasteiger partial charge in [-0.2, -0.15) is 4.39 Å². The monoisotopic (exact) mass is 170 g/mol. The molecule has 1 N–H and O–H groups in total. The zero-order valence-electron chi connectivity index (χ0n) is 5.84. The van der Waals surface area contributed by atoms with Crippen LogP contribution in [0.1, 0.15) is 0 Å². The summed E-state index contributed by atoms with van der Waals surface area (Å²) < 4.78 is 25.7. The molecule has 0 fully saturated rings. The summed E-state index contributed by atoms with van der Waals surface area (Å²) in [6.07, 6.45) is 1.93. The summed E-state index contributed by atoms with van der Waals surface area (Å²) in [4.78, 5) is 2.50. The molecule has 0 aromatic carbocycles. The minimum atomic E-state index is -1.14. The molecule has 0 aliphatic heterocycles. The number of halogens is 2. The number of pyridine rings is 1. The molecule has 12 heavy (non-hydrogen) atoms. The van der Waals surface area contributed by atoms with Crippen molar-refractivity contribution in [3.8, 4) is 0 Å². The van der Waals surface area contributed by atoms with Crippen molar-refractivity contribution >= 4 is 11.0 Å². The lowest BCUT2D eigenvalue weighted by Crippen LogP contribution is -2.28. The van der Waals surface area contributed by atoms with E-state index < -0.39 is 11.6 Å². The number of hydrogen-bond donors (Lipinski definition) is 1. The Bertz CT molecular complexity index is 438. The zero-order valence-corrected chi connectivity index (χ0v) is 5.84. The first-order valence-corrected chi connectivity index (χ1v) is 3.24. The number of nitrogens with one attached hydrogen (secondary N) is 1. The van der Waals surface area contributed by atoms with Gasteiger partial charge in [0, 0.05) is 0 Å². The summed E-state index contributed by atoms with van der Waals surface area (Å²) >= 11 is 0. The molecule has 2 heterocycles. The fourth-order valence-corrected chi connectivity index (χ4v) is 1.07. The van der Waals surface area contributed by atoms with E-state index in [1.54, 1.807) is 0 Å². The molecule has 62 valence electrons. The molecule has 0 amide bonds. The average molecular weight is 170 g/mol. The van der Waals surface area contributed by atoms with Crippen molar-refractivity contribution in [3.05, 3.63) is 35.3 Å². The normalized spacial score (nSPS) is 10.8. The van der Waals surface area contributed by atoms with E-state index in [1.165, 1.54) is 12.3 Å². The molecular weight excluding hydrogens is 166 g/mol. The molecule has 2 aromatic heterocycles. The molecule has 5 heteroatoms. The Morgan fingerprint density at radius 3 is 2.92 bits per heavy atom. The fourth-order valence-electron chi connectivity index (χ4n) is 1.07. The maximum Gasteiger partial charge on any atom is 0.292 e. The molecule has 0 radical (unpaired) electrons. The molecule has 0 aliphatic rings. The number of hydrogen-bond acceptors (Lipinski definition) is 1. The van der Waals surface area contributed by atoms with Gasteiger partial charge in [0.2, 0.25) is 0 Å². The third-order valence-electron chi connectivity index (χ3n) is 1.62. The Kier molecular flexibility index (Phi) is 1.27. The molecular formula is C7H4F2N2O. The van der Waals surface area contributed by atoms with Gasteiger partial charge in [-0.1, -0.05) is 0 Å². The summed E-state index contributed by atoms with van der Waals surface area (Å²) in [6.45, 7) is 0. The second kappa shape index (κ2) is 2.17. The lowest BCUT2D eigenvalue weighted by atomic mass is 10.3. The third kappa shape index (κ3) is 0.761.